The molecule has 7 nitrogen and oxygen atoms in total. The minimum Gasteiger partial charge on any atom is -0.498 e. The van der Waals surface area contributed by atoms with Crippen LogP contribution >= 0.6 is 0 Å². The van der Waals surface area contributed by atoms with Gasteiger partial charge in [-0.2, -0.15) is 0 Å². The van der Waals surface area contributed by atoms with Crippen LogP contribution in [-0.2, 0) is 4.79 Å². The molecule has 2 fully saturated rings. The van der Waals surface area contributed by atoms with Crippen LogP contribution in [0.3, 0.4) is 0 Å². The van der Waals surface area contributed by atoms with Crippen LogP contribution in [0.2, 0.25) is 0 Å². The SMILES string of the molecule is CC1(C(=O)O)C=C2C(=CC1)N1CCNCC1C[N+]2(C(=O)[O-])C(C)(C)C. The fraction of sp³-hybridized carbons (Fsp3) is 0.667. The van der Waals surface area contributed by atoms with Gasteiger partial charge in [-0.25, -0.2) is 4.48 Å². The first-order valence-electron chi connectivity index (χ1n) is 8.77. The van der Waals surface area contributed by atoms with E-state index in [2.05, 4.69) is 10.2 Å². The molecular weight excluding hydrogens is 322 g/mol. The third-order valence-electron chi connectivity index (χ3n) is 5.94. The highest BCUT2D eigenvalue weighted by molar-refractivity contribution is 5.78. The van der Waals surface area contributed by atoms with Gasteiger partial charge in [-0.15, -0.1) is 0 Å². The Bertz CT molecular complexity index is 678. The van der Waals surface area contributed by atoms with E-state index < -0.39 is 23.0 Å². The molecule has 3 unspecified atom stereocenters. The number of allylic oxidation sites excluding steroid dienone is 1. The Morgan fingerprint density at radius 3 is 2.68 bits per heavy atom. The summed E-state index contributed by atoms with van der Waals surface area (Å²) in [6.45, 7) is 9.96. The van der Waals surface area contributed by atoms with Gasteiger partial charge >= 0.3 is 5.97 Å². The summed E-state index contributed by atoms with van der Waals surface area (Å²) in [5.74, 6) is -0.942. The lowest BCUT2D eigenvalue weighted by molar-refractivity contribution is -0.890. The van der Waals surface area contributed by atoms with Gasteiger partial charge < -0.3 is 25.2 Å². The summed E-state index contributed by atoms with van der Waals surface area (Å²) in [5.41, 5.74) is -0.356. The smallest absolute Gasteiger partial charge is 0.313 e. The Balaban J connectivity index is 2.23. The van der Waals surface area contributed by atoms with Gasteiger partial charge in [-0.1, -0.05) is 6.08 Å². The average molecular weight is 349 g/mol. The normalized spacial score (nSPS) is 35.2. The summed E-state index contributed by atoms with van der Waals surface area (Å²) >= 11 is 0. The molecule has 3 atom stereocenters. The Morgan fingerprint density at radius 1 is 1.44 bits per heavy atom. The van der Waals surface area contributed by atoms with Crippen molar-refractivity contribution in [3.05, 3.63) is 23.5 Å². The molecule has 0 spiro atoms. The molecule has 0 bridgehead atoms. The molecule has 3 aliphatic rings. The Hall–Kier alpha value is -1.86. The van der Waals surface area contributed by atoms with E-state index >= 15 is 0 Å². The number of hydrogen-bond acceptors (Lipinski definition) is 5. The van der Waals surface area contributed by atoms with E-state index in [1.54, 1.807) is 13.0 Å². The van der Waals surface area contributed by atoms with E-state index in [9.17, 15) is 19.8 Å². The number of carboxylic acids is 1. The summed E-state index contributed by atoms with van der Waals surface area (Å²) in [7, 11) is 0. The number of carboxylic acid groups (broad SMARTS) is 2. The van der Waals surface area contributed by atoms with Crippen molar-refractivity contribution in [3.63, 3.8) is 0 Å². The van der Waals surface area contributed by atoms with Crippen LogP contribution < -0.4 is 10.4 Å². The van der Waals surface area contributed by atoms with Crippen molar-refractivity contribution in [2.45, 2.75) is 45.7 Å². The number of aliphatic carboxylic acids is 1. The summed E-state index contributed by atoms with van der Waals surface area (Å²) in [5, 5.41) is 25.4. The Labute approximate surface area is 148 Å². The number of amides is 1. The molecule has 0 radical (unpaired) electrons. The first-order valence-corrected chi connectivity index (χ1v) is 8.77. The molecule has 0 aromatic heterocycles. The molecule has 138 valence electrons. The maximum Gasteiger partial charge on any atom is 0.313 e. The summed E-state index contributed by atoms with van der Waals surface area (Å²) in [4.78, 5) is 26.5. The molecular formula is C18H27N3O4. The molecule has 1 amide bonds. The minimum absolute atomic E-state index is 0.0449. The number of quaternary nitrogens is 1. The number of hydrogen-bond donors (Lipinski definition) is 2. The average Bonchev–Trinajstić information content (AvgIpc) is 2.52. The van der Waals surface area contributed by atoms with Crippen molar-refractivity contribution in [2.24, 2.45) is 5.41 Å². The third-order valence-corrected chi connectivity index (χ3v) is 5.94. The van der Waals surface area contributed by atoms with Crippen molar-refractivity contribution in [2.75, 3.05) is 26.2 Å². The van der Waals surface area contributed by atoms with E-state index in [0.717, 1.165) is 18.8 Å². The number of carbonyl (C=O) groups excluding carboxylic acids is 1. The highest BCUT2D eigenvalue weighted by Crippen LogP contribution is 2.47. The Morgan fingerprint density at radius 2 is 2.12 bits per heavy atom. The van der Waals surface area contributed by atoms with Crippen LogP contribution in [0.5, 0.6) is 0 Å². The number of rotatable bonds is 1. The minimum atomic E-state index is -1.18. The lowest BCUT2D eigenvalue weighted by Crippen LogP contribution is -2.75. The molecule has 25 heavy (non-hydrogen) atoms. The molecule has 0 aromatic rings. The quantitative estimate of drug-likeness (QED) is 0.670. The lowest BCUT2D eigenvalue weighted by Gasteiger charge is -2.58. The molecule has 0 aromatic carbocycles. The third kappa shape index (κ3) is 2.48. The van der Waals surface area contributed by atoms with E-state index in [0.29, 0.717) is 25.2 Å². The van der Waals surface area contributed by atoms with Gasteiger partial charge in [0.2, 0.25) is 0 Å². The Kier molecular flexibility index (Phi) is 4.00. The number of fused-ring (bicyclic) bond motifs is 3. The second-order valence-electron chi connectivity index (χ2n) is 8.53. The van der Waals surface area contributed by atoms with Gasteiger partial charge in [-0.3, -0.25) is 4.79 Å². The highest BCUT2D eigenvalue weighted by atomic mass is 16.4. The zero-order chi connectivity index (χ0) is 18.6. The topological polar surface area (TPSA) is 92.7 Å². The summed E-state index contributed by atoms with van der Waals surface area (Å²) < 4.78 is -0.357. The molecule has 3 rings (SSSR count). The predicted molar refractivity (Wildman–Crippen MR) is 90.2 cm³/mol. The van der Waals surface area contributed by atoms with E-state index in [1.807, 2.05) is 26.8 Å². The predicted octanol–water partition coefficient (Wildman–Crippen LogP) is 0.495. The van der Waals surface area contributed by atoms with E-state index in [-0.39, 0.29) is 10.5 Å². The van der Waals surface area contributed by atoms with Crippen LogP contribution in [0.25, 0.3) is 0 Å². The summed E-state index contributed by atoms with van der Waals surface area (Å²) in [6.07, 6.45) is 2.74. The van der Waals surface area contributed by atoms with Crippen LogP contribution in [0.1, 0.15) is 34.1 Å². The van der Waals surface area contributed by atoms with Gasteiger partial charge in [0.25, 0.3) is 6.09 Å². The van der Waals surface area contributed by atoms with E-state index in [1.165, 1.54) is 0 Å². The largest absolute Gasteiger partial charge is 0.498 e. The monoisotopic (exact) mass is 349 g/mol. The molecule has 1 aliphatic carbocycles. The molecule has 2 heterocycles. The molecule has 2 saturated heterocycles. The van der Waals surface area contributed by atoms with Crippen molar-refractivity contribution in [1.29, 1.82) is 0 Å². The fourth-order valence-electron chi connectivity index (χ4n) is 4.30. The zero-order valence-electron chi connectivity index (χ0n) is 15.3. The molecule has 0 saturated carbocycles. The van der Waals surface area contributed by atoms with Gasteiger partial charge in [0.15, 0.2) is 5.70 Å². The number of nitrogens with one attached hydrogen (secondary N) is 1. The van der Waals surface area contributed by atoms with Crippen LogP contribution in [0.15, 0.2) is 23.5 Å². The van der Waals surface area contributed by atoms with Crippen LogP contribution in [0, 0.1) is 5.41 Å². The lowest BCUT2D eigenvalue weighted by atomic mass is 9.78. The van der Waals surface area contributed by atoms with Gasteiger partial charge in [-0.05, 0) is 40.2 Å². The van der Waals surface area contributed by atoms with Crippen molar-refractivity contribution in [3.8, 4) is 0 Å². The number of nitrogens with zero attached hydrogens (tertiary/aromatic N) is 2. The molecule has 7 heteroatoms. The highest BCUT2D eigenvalue weighted by Gasteiger charge is 2.56. The van der Waals surface area contributed by atoms with Gasteiger partial charge in [0.05, 0.1) is 17.2 Å². The second-order valence-corrected chi connectivity index (χ2v) is 8.53. The zero-order valence-corrected chi connectivity index (χ0v) is 15.3. The standard InChI is InChI=1S/C18H27N3O4/c1-17(2,3)21(16(24)25)11-12-10-19-7-8-20(12)13-5-6-18(4,15(22)23)9-14(13)21/h5,9,12,19H,6-8,10-11H2,1-4H3,(H-,22,23,24,25). The maximum atomic E-state index is 12.4. The van der Waals surface area contributed by atoms with Crippen LogP contribution in [-0.4, -0.2) is 64.3 Å². The fourth-order valence-corrected chi connectivity index (χ4v) is 4.30. The summed E-state index contributed by atoms with van der Waals surface area (Å²) in [6, 6.07) is 0.0449. The van der Waals surface area contributed by atoms with Gasteiger partial charge in [0, 0.05) is 19.6 Å². The van der Waals surface area contributed by atoms with Crippen molar-refractivity contribution in [1.82, 2.24) is 10.2 Å². The van der Waals surface area contributed by atoms with Gasteiger partial charge in [0.1, 0.15) is 12.1 Å². The first-order chi connectivity index (χ1) is 11.5. The van der Waals surface area contributed by atoms with E-state index in [4.69, 9.17) is 0 Å². The maximum absolute atomic E-state index is 12.4. The van der Waals surface area contributed by atoms with Crippen molar-refractivity contribution < 1.29 is 24.3 Å². The number of piperazine rings is 2. The molecule has 2 aliphatic heterocycles. The second kappa shape index (κ2) is 5.57. The first kappa shape index (κ1) is 17.9. The molecule has 2 N–H and O–H groups in total. The van der Waals surface area contributed by atoms with Crippen LogP contribution in [0.4, 0.5) is 4.79 Å². The number of carbonyl (C=O) groups is 2. The van der Waals surface area contributed by atoms with Crippen molar-refractivity contribution >= 4 is 12.1 Å².